The molecule has 2 fully saturated rings. The maximum atomic E-state index is 3.57. The number of likely N-dealkylation sites (tertiary alicyclic amines) is 1. The van der Waals surface area contributed by atoms with Gasteiger partial charge in [-0.3, -0.25) is 4.90 Å². The van der Waals surface area contributed by atoms with Crippen LogP contribution in [0.4, 0.5) is 0 Å². The summed E-state index contributed by atoms with van der Waals surface area (Å²) in [5, 5.41) is 3.57. The van der Waals surface area contributed by atoms with Crippen molar-refractivity contribution < 1.29 is 0 Å². The van der Waals surface area contributed by atoms with Gasteiger partial charge < -0.3 is 5.32 Å². The highest BCUT2D eigenvalue weighted by atomic mass is 15.2. The van der Waals surface area contributed by atoms with Gasteiger partial charge in [-0.1, -0.05) is 6.92 Å². The molecule has 1 N–H and O–H groups in total. The minimum absolute atomic E-state index is 0.787. The molecular formula is C11H22N2. The minimum Gasteiger partial charge on any atom is -0.314 e. The summed E-state index contributed by atoms with van der Waals surface area (Å²) in [4.78, 5) is 2.72. The predicted molar refractivity (Wildman–Crippen MR) is 55.9 cm³/mol. The molecule has 2 nitrogen and oxygen atoms in total. The lowest BCUT2D eigenvalue weighted by atomic mass is 9.98. The fraction of sp³-hybridized carbons (Fsp3) is 1.00. The van der Waals surface area contributed by atoms with E-state index < -0.39 is 0 Å². The summed E-state index contributed by atoms with van der Waals surface area (Å²) in [6.07, 6.45) is 5.62. The number of nitrogens with one attached hydrogen (secondary N) is 1. The molecule has 0 amide bonds. The van der Waals surface area contributed by atoms with Crippen molar-refractivity contribution in [3.8, 4) is 0 Å². The van der Waals surface area contributed by atoms with Gasteiger partial charge in [0.25, 0.3) is 0 Å². The first-order valence-corrected chi connectivity index (χ1v) is 5.80. The number of rotatable bonds is 3. The first kappa shape index (κ1) is 9.47. The lowest BCUT2D eigenvalue weighted by Gasteiger charge is -2.38. The molecule has 2 unspecified atom stereocenters. The molecule has 1 heterocycles. The van der Waals surface area contributed by atoms with E-state index >= 15 is 0 Å². The van der Waals surface area contributed by atoms with Crippen LogP contribution in [0, 0.1) is 0 Å². The van der Waals surface area contributed by atoms with Crippen LogP contribution in [0.3, 0.4) is 0 Å². The summed E-state index contributed by atoms with van der Waals surface area (Å²) in [6.45, 7) is 7.05. The molecule has 0 aromatic rings. The molecule has 13 heavy (non-hydrogen) atoms. The van der Waals surface area contributed by atoms with Crippen LogP contribution in [0.15, 0.2) is 0 Å². The second-order valence-corrected chi connectivity index (χ2v) is 4.60. The summed E-state index contributed by atoms with van der Waals surface area (Å²) in [7, 11) is 0. The van der Waals surface area contributed by atoms with E-state index in [-0.39, 0.29) is 0 Å². The van der Waals surface area contributed by atoms with Gasteiger partial charge in [0.2, 0.25) is 0 Å². The number of nitrogens with zero attached hydrogens (tertiary/aromatic N) is 1. The number of piperidine rings is 1. The van der Waals surface area contributed by atoms with Gasteiger partial charge in [-0.15, -0.1) is 0 Å². The lowest BCUT2D eigenvalue weighted by molar-refractivity contribution is 0.128. The Labute approximate surface area is 81.7 Å². The third kappa shape index (κ3) is 2.23. The quantitative estimate of drug-likeness (QED) is 0.713. The molecule has 1 aliphatic carbocycles. The van der Waals surface area contributed by atoms with E-state index in [1.807, 2.05) is 0 Å². The van der Waals surface area contributed by atoms with Crippen LogP contribution in [-0.4, -0.2) is 36.1 Å². The van der Waals surface area contributed by atoms with Crippen molar-refractivity contribution in [3.05, 3.63) is 0 Å². The Morgan fingerprint density at radius 1 is 1.31 bits per heavy atom. The fourth-order valence-electron chi connectivity index (χ4n) is 2.61. The Morgan fingerprint density at radius 2 is 2.08 bits per heavy atom. The molecule has 1 saturated carbocycles. The molecule has 2 rings (SSSR count). The van der Waals surface area contributed by atoms with Crippen molar-refractivity contribution in [2.45, 2.75) is 57.7 Å². The Balaban J connectivity index is 1.80. The van der Waals surface area contributed by atoms with Crippen molar-refractivity contribution >= 4 is 0 Å². The van der Waals surface area contributed by atoms with Gasteiger partial charge >= 0.3 is 0 Å². The highest BCUT2D eigenvalue weighted by molar-refractivity contribution is 4.92. The Kier molecular flexibility index (Phi) is 2.89. The van der Waals surface area contributed by atoms with Crippen LogP contribution >= 0.6 is 0 Å². The SMILES string of the molecule is CCNC1CCN(C2CC2)C(C)C1. The van der Waals surface area contributed by atoms with E-state index in [0.29, 0.717) is 0 Å². The smallest absolute Gasteiger partial charge is 0.00992 e. The van der Waals surface area contributed by atoms with Gasteiger partial charge in [-0.25, -0.2) is 0 Å². The molecule has 76 valence electrons. The first-order valence-electron chi connectivity index (χ1n) is 5.80. The average molecular weight is 182 g/mol. The van der Waals surface area contributed by atoms with Crippen LogP contribution in [0.5, 0.6) is 0 Å². The molecule has 0 bridgehead atoms. The van der Waals surface area contributed by atoms with E-state index in [4.69, 9.17) is 0 Å². The van der Waals surface area contributed by atoms with Crippen molar-refractivity contribution in [2.75, 3.05) is 13.1 Å². The maximum absolute atomic E-state index is 3.57. The molecule has 1 aliphatic heterocycles. The maximum Gasteiger partial charge on any atom is 0.00992 e. The molecule has 2 aliphatic rings. The molecular weight excluding hydrogens is 160 g/mol. The molecule has 2 heteroatoms. The molecule has 0 radical (unpaired) electrons. The molecule has 1 saturated heterocycles. The average Bonchev–Trinajstić information content (AvgIpc) is 2.88. The minimum atomic E-state index is 0.787. The van der Waals surface area contributed by atoms with Crippen LogP contribution in [0.25, 0.3) is 0 Å². The largest absolute Gasteiger partial charge is 0.314 e. The van der Waals surface area contributed by atoms with Gasteiger partial charge in [0.15, 0.2) is 0 Å². The Bertz CT molecular complexity index is 165. The van der Waals surface area contributed by atoms with E-state index in [1.165, 1.54) is 32.2 Å². The molecule has 0 spiro atoms. The topological polar surface area (TPSA) is 15.3 Å². The normalized spacial score (nSPS) is 36.5. The zero-order valence-electron chi connectivity index (χ0n) is 8.92. The van der Waals surface area contributed by atoms with Crippen LogP contribution < -0.4 is 5.32 Å². The molecule has 0 aromatic carbocycles. The van der Waals surface area contributed by atoms with Crippen molar-refractivity contribution in [2.24, 2.45) is 0 Å². The lowest BCUT2D eigenvalue weighted by Crippen LogP contribution is -2.48. The van der Waals surface area contributed by atoms with Gasteiger partial charge in [-0.05, 0) is 39.2 Å². The highest BCUT2D eigenvalue weighted by Crippen LogP contribution is 2.32. The van der Waals surface area contributed by atoms with Gasteiger partial charge in [0, 0.05) is 24.7 Å². The van der Waals surface area contributed by atoms with Crippen LogP contribution in [0.1, 0.15) is 39.5 Å². The van der Waals surface area contributed by atoms with E-state index in [9.17, 15) is 0 Å². The number of hydrogen-bond acceptors (Lipinski definition) is 2. The molecule has 0 aromatic heterocycles. The van der Waals surface area contributed by atoms with Crippen molar-refractivity contribution in [1.29, 1.82) is 0 Å². The standard InChI is InChI=1S/C11H22N2/c1-3-12-10-6-7-13(9(2)8-10)11-4-5-11/h9-12H,3-8H2,1-2H3. The van der Waals surface area contributed by atoms with Crippen LogP contribution in [0.2, 0.25) is 0 Å². The van der Waals surface area contributed by atoms with Gasteiger partial charge in [0.05, 0.1) is 0 Å². The second-order valence-electron chi connectivity index (χ2n) is 4.60. The summed E-state index contributed by atoms with van der Waals surface area (Å²) in [5.74, 6) is 0. The second kappa shape index (κ2) is 3.97. The number of hydrogen-bond donors (Lipinski definition) is 1. The Morgan fingerprint density at radius 3 is 2.62 bits per heavy atom. The first-order chi connectivity index (χ1) is 6.31. The summed E-state index contributed by atoms with van der Waals surface area (Å²) in [6, 6.07) is 2.55. The van der Waals surface area contributed by atoms with Crippen LogP contribution in [-0.2, 0) is 0 Å². The highest BCUT2D eigenvalue weighted by Gasteiger charge is 2.35. The fourth-order valence-corrected chi connectivity index (χ4v) is 2.61. The van der Waals surface area contributed by atoms with Crippen molar-refractivity contribution in [3.63, 3.8) is 0 Å². The third-order valence-corrected chi connectivity index (χ3v) is 3.44. The predicted octanol–water partition coefficient (Wildman–Crippen LogP) is 1.61. The third-order valence-electron chi connectivity index (χ3n) is 3.44. The van der Waals surface area contributed by atoms with E-state index in [2.05, 4.69) is 24.1 Å². The Hall–Kier alpha value is -0.0800. The summed E-state index contributed by atoms with van der Waals surface area (Å²) >= 11 is 0. The molecule has 2 atom stereocenters. The van der Waals surface area contributed by atoms with E-state index in [0.717, 1.165) is 24.7 Å². The zero-order valence-corrected chi connectivity index (χ0v) is 8.92. The zero-order chi connectivity index (χ0) is 9.26. The van der Waals surface area contributed by atoms with E-state index in [1.54, 1.807) is 0 Å². The van der Waals surface area contributed by atoms with Gasteiger partial charge in [0.1, 0.15) is 0 Å². The summed E-state index contributed by atoms with van der Waals surface area (Å²) in [5.41, 5.74) is 0. The summed E-state index contributed by atoms with van der Waals surface area (Å²) < 4.78 is 0. The van der Waals surface area contributed by atoms with Gasteiger partial charge in [-0.2, -0.15) is 0 Å². The van der Waals surface area contributed by atoms with Crippen molar-refractivity contribution in [1.82, 2.24) is 10.2 Å². The monoisotopic (exact) mass is 182 g/mol.